The molecule has 0 aliphatic rings. The predicted octanol–water partition coefficient (Wildman–Crippen LogP) is 3.57. The molecule has 0 radical (unpaired) electrons. The number of aromatic nitrogens is 2. The van der Waals surface area contributed by atoms with Crippen molar-refractivity contribution in [3.05, 3.63) is 39.9 Å². The van der Waals surface area contributed by atoms with Gasteiger partial charge >= 0.3 is 0 Å². The second kappa shape index (κ2) is 4.53. The Bertz CT molecular complexity index is 527. The van der Waals surface area contributed by atoms with E-state index in [1.165, 1.54) is 6.92 Å². The summed E-state index contributed by atoms with van der Waals surface area (Å²) < 4.78 is 13.4. The molecule has 0 atom stereocenters. The SMILES string of the molecule is Cc1cc(-c2nc(C)c(F)c(Cl)n2)cc(C)c1O. The number of phenols is 1. The Kier molecular flexibility index (Phi) is 3.22. The summed E-state index contributed by atoms with van der Waals surface area (Å²) in [6, 6.07) is 3.48. The maximum atomic E-state index is 13.4. The summed E-state index contributed by atoms with van der Waals surface area (Å²) in [5.41, 5.74) is 2.33. The Labute approximate surface area is 109 Å². The molecule has 0 amide bonds. The van der Waals surface area contributed by atoms with Gasteiger partial charge in [-0.2, -0.15) is 0 Å². The Morgan fingerprint density at radius 2 is 1.67 bits per heavy atom. The molecule has 0 unspecified atom stereocenters. The van der Waals surface area contributed by atoms with Gasteiger partial charge < -0.3 is 5.11 Å². The molecule has 1 N–H and O–H groups in total. The van der Waals surface area contributed by atoms with E-state index in [0.717, 1.165) is 0 Å². The van der Waals surface area contributed by atoms with Crippen LogP contribution in [-0.4, -0.2) is 15.1 Å². The summed E-state index contributed by atoms with van der Waals surface area (Å²) in [4.78, 5) is 7.98. The molecule has 2 rings (SSSR count). The Balaban J connectivity index is 2.63. The molecule has 0 bridgehead atoms. The van der Waals surface area contributed by atoms with Crippen molar-refractivity contribution < 1.29 is 9.50 Å². The van der Waals surface area contributed by atoms with E-state index in [-0.39, 0.29) is 16.6 Å². The molecule has 0 spiro atoms. The number of benzene rings is 1. The largest absolute Gasteiger partial charge is 0.507 e. The van der Waals surface area contributed by atoms with E-state index in [1.54, 1.807) is 26.0 Å². The van der Waals surface area contributed by atoms with Crippen molar-refractivity contribution in [2.45, 2.75) is 20.8 Å². The molecular formula is C13H12ClFN2O. The molecule has 0 fully saturated rings. The van der Waals surface area contributed by atoms with Crippen LogP contribution >= 0.6 is 11.6 Å². The minimum atomic E-state index is -0.604. The standard InChI is InChI=1S/C13H12ClFN2O/c1-6-4-9(5-7(2)11(6)18)13-16-8(3)10(15)12(14)17-13/h4-5,18H,1-3H3. The molecule has 1 aromatic heterocycles. The zero-order valence-electron chi connectivity index (χ0n) is 10.3. The number of hydrogen-bond donors (Lipinski definition) is 1. The third-order valence-electron chi connectivity index (χ3n) is 2.73. The first kappa shape index (κ1) is 12.8. The number of aryl methyl sites for hydroxylation is 3. The van der Waals surface area contributed by atoms with Crippen LogP contribution in [-0.2, 0) is 0 Å². The third-order valence-corrected chi connectivity index (χ3v) is 2.98. The normalized spacial score (nSPS) is 10.7. The molecule has 0 aliphatic heterocycles. The number of hydrogen-bond acceptors (Lipinski definition) is 3. The molecule has 1 aromatic carbocycles. The predicted molar refractivity (Wildman–Crippen MR) is 68.3 cm³/mol. The van der Waals surface area contributed by atoms with E-state index in [0.29, 0.717) is 22.5 Å². The molecule has 0 saturated carbocycles. The second-order valence-electron chi connectivity index (χ2n) is 4.20. The monoisotopic (exact) mass is 266 g/mol. The average Bonchev–Trinajstić information content (AvgIpc) is 2.31. The van der Waals surface area contributed by atoms with Gasteiger partial charge in [-0.15, -0.1) is 0 Å². The first-order valence-electron chi connectivity index (χ1n) is 5.40. The zero-order chi connectivity index (χ0) is 13.4. The zero-order valence-corrected chi connectivity index (χ0v) is 11.0. The topological polar surface area (TPSA) is 46.0 Å². The Morgan fingerprint density at radius 3 is 2.17 bits per heavy atom. The molecule has 0 saturated heterocycles. The smallest absolute Gasteiger partial charge is 0.181 e. The third kappa shape index (κ3) is 2.16. The van der Waals surface area contributed by atoms with Crippen LogP contribution in [0.25, 0.3) is 11.4 Å². The first-order valence-corrected chi connectivity index (χ1v) is 5.78. The number of halogens is 2. The number of aromatic hydroxyl groups is 1. The van der Waals surface area contributed by atoms with Gasteiger partial charge in [-0.3, -0.25) is 0 Å². The van der Waals surface area contributed by atoms with Gasteiger partial charge in [0.1, 0.15) is 5.75 Å². The van der Waals surface area contributed by atoms with Crippen LogP contribution in [0.4, 0.5) is 4.39 Å². The van der Waals surface area contributed by atoms with Gasteiger partial charge in [-0.25, -0.2) is 14.4 Å². The summed E-state index contributed by atoms with van der Waals surface area (Å²) in [6.07, 6.45) is 0. The van der Waals surface area contributed by atoms with E-state index in [9.17, 15) is 9.50 Å². The Hall–Kier alpha value is -1.68. The fraction of sp³-hybridized carbons (Fsp3) is 0.231. The van der Waals surface area contributed by atoms with Gasteiger partial charge in [0.2, 0.25) is 0 Å². The maximum absolute atomic E-state index is 13.4. The van der Waals surface area contributed by atoms with Crippen molar-refractivity contribution >= 4 is 11.6 Å². The highest BCUT2D eigenvalue weighted by atomic mass is 35.5. The lowest BCUT2D eigenvalue weighted by molar-refractivity contribution is 0.467. The molecule has 0 aliphatic carbocycles. The lowest BCUT2D eigenvalue weighted by atomic mass is 10.1. The highest BCUT2D eigenvalue weighted by Crippen LogP contribution is 2.28. The summed E-state index contributed by atoms with van der Waals surface area (Å²) in [7, 11) is 0. The molecule has 2 aromatic rings. The lowest BCUT2D eigenvalue weighted by Crippen LogP contribution is -1.98. The summed E-state index contributed by atoms with van der Waals surface area (Å²) in [6.45, 7) is 5.10. The van der Waals surface area contributed by atoms with E-state index >= 15 is 0 Å². The highest BCUT2D eigenvalue weighted by Gasteiger charge is 2.12. The van der Waals surface area contributed by atoms with E-state index in [1.807, 2.05) is 0 Å². The van der Waals surface area contributed by atoms with Gasteiger partial charge in [-0.1, -0.05) is 11.6 Å². The molecule has 3 nitrogen and oxygen atoms in total. The van der Waals surface area contributed by atoms with Crippen LogP contribution in [0.1, 0.15) is 16.8 Å². The first-order chi connectivity index (χ1) is 8.40. The molecule has 94 valence electrons. The minimum absolute atomic E-state index is 0.194. The second-order valence-corrected chi connectivity index (χ2v) is 4.55. The lowest BCUT2D eigenvalue weighted by Gasteiger charge is -2.08. The highest BCUT2D eigenvalue weighted by molar-refractivity contribution is 6.29. The van der Waals surface area contributed by atoms with Crippen molar-refractivity contribution in [3.8, 4) is 17.1 Å². The summed E-state index contributed by atoms with van der Waals surface area (Å²) >= 11 is 5.70. The molecule has 5 heteroatoms. The van der Waals surface area contributed by atoms with Crippen molar-refractivity contribution in [1.82, 2.24) is 9.97 Å². The van der Waals surface area contributed by atoms with Crippen LogP contribution < -0.4 is 0 Å². The van der Waals surface area contributed by atoms with E-state index in [4.69, 9.17) is 11.6 Å². The Morgan fingerprint density at radius 1 is 1.11 bits per heavy atom. The van der Waals surface area contributed by atoms with Gasteiger partial charge in [0.05, 0.1) is 5.69 Å². The van der Waals surface area contributed by atoms with Crippen LogP contribution in [0.15, 0.2) is 12.1 Å². The number of rotatable bonds is 1. The molecule has 1 heterocycles. The van der Waals surface area contributed by atoms with Gasteiger partial charge in [0, 0.05) is 5.56 Å². The summed E-state index contributed by atoms with van der Waals surface area (Å²) in [5.74, 6) is -0.0126. The van der Waals surface area contributed by atoms with Gasteiger partial charge in [0.15, 0.2) is 16.8 Å². The molecular weight excluding hydrogens is 255 g/mol. The van der Waals surface area contributed by atoms with Crippen molar-refractivity contribution in [2.75, 3.05) is 0 Å². The van der Waals surface area contributed by atoms with Crippen LogP contribution in [0.3, 0.4) is 0 Å². The quantitative estimate of drug-likeness (QED) is 0.803. The van der Waals surface area contributed by atoms with Crippen molar-refractivity contribution in [3.63, 3.8) is 0 Å². The van der Waals surface area contributed by atoms with Crippen LogP contribution in [0, 0.1) is 26.6 Å². The van der Waals surface area contributed by atoms with E-state index < -0.39 is 5.82 Å². The minimum Gasteiger partial charge on any atom is -0.507 e. The number of nitrogens with zero attached hydrogens (tertiary/aromatic N) is 2. The number of phenolic OH excluding ortho intramolecular Hbond substituents is 1. The van der Waals surface area contributed by atoms with E-state index in [2.05, 4.69) is 9.97 Å². The van der Waals surface area contributed by atoms with Crippen LogP contribution in [0.2, 0.25) is 5.15 Å². The fourth-order valence-electron chi connectivity index (χ4n) is 1.74. The average molecular weight is 267 g/mol. The summed E-state index contributed by atoms with van der Waals surface area (Å²) in [5, 5.41) is 9.51. The van der Waals surface area contributed by atoms with Gasteiger partial charge in [0.25, 0.3) is 0 Å². The van der Waals surface area contributed by atoms with Crippen molar-refractivity contribution in [1.29, 1.82) is 0 Å². The van der Waals surface area contributed by atoms with Crippen molar-refractivity contribution in [2.24, 2.45) is 0 Å². The van der Waals surface area contributed by atoms with Crippen LogP contribution in [0.5, 0.6) is 5.75 Å². The fourth-order valence-corrected chi connectivity index (χ4v) is 1.96. The maximum Gasteiger partial charge on any atom is 0.181 e. The van der Waals surface area contributed by atoms with Gasteiger partial charge in [-0.05, 0) is 44.0 Å². The molecule has 18 heavy (non-hydrogen) atoms.